The van der Waals surface area contributed by atoms with Crippen LogP contribution >= 0.6 is 12.2 Å². The molecule has 0 spiro atoms. The van der Waals surface area contributed by atoms with Gasteiger partial charge >= 0.3 is 0 Å². The molecule has 0 bridgehead atoms. The van der Waals surface area contributed by atoms with Crippen LogP contribution in [0.4, 0.5) is 15.9 Å². The molecule has 1 heterocycles. The number of halogens is 1. The second-order valence-corrected chi connectivity index (χ2v) is 6.26. The molecule has 0 atom stereocenters. The van der Waals surface area contributed by atoms with Gasteiger partial charge in [0.1, 0.15) is 5.82 Å². The van der Waals surface area contributed by atoms with Crippen molar-refractivity contribution in [3.05, 3.63) is 77.2 Å². The highest BCUT2D eigenvalue weighted by atomic mass is 32.1. The molecule has 0 saturated carbocycles. The average molecular weight is 354 g/mol. The van der Waals surface area contributed by atoms with Crippen molar-refractivity contribution in [1.29, 1.82) is 0 Å². The Morgan fingerprint density at radius 1 is 1.12 bits per heavy atom. The molecule has 0 aliphatic rings. The van der Waals surface area contributed by atoms with Crippen molar-refractivity contribution in [3.8, 4) is 0 Å². The number of rotatable bonds is 4. The lowest BCUT2D eigenvalue weighted by atomic mass is 10.1. The van der Waals surface area contributed by atoms with Crippen LogP contribution in [0.1, 0.15) is 16.7 Å². The van der Waals surface area contributed by atoms with Crippen molar-refractivity contribution in [3.63, 3.8) is 0 Å². The van der Waals surface area contributed by atoms with Crippen LogP contribution in [-0.4, -0.2) is 14.9 Å². The van der Waals surface area contributed by atoms with Gasteiger partial charge in [-0.1, -0.05) is 24.3 Å². The largest absolute Gasteiger partial charge is 0.332 e. The van der Waals surface area contributed by atoms with Gasteiger partial charge in [0.25, 0.3) is 0 Å². The van der Waals surface area contributed by atoms with Crippen molar-refractivity contribution in [2.24, 2.45) is 0 Å². The Balaban J connectivity index is 1.63. The zero-order valence-corrected chi connectivity index (χ0v) is 14.9. The number of nitrogens with one attached hydrogen (secondary N) is 2. The summed E-state index contributed by atoms with van der Waals surface area (Å²) in [6, 6.07) is 14.3. The molecule has 3 aromatic rings. The van der Waals surface area contributed by atoms with E-state index < -0.39 is 0 Å². The van der Waals surface area contributed by atoms with Crippen molar-refractivity contribution in [2.75, 3.05) is 10.6 Å². The first-order chi connectivity index (χ1) is 12.0. The van der Waals surface area contributed by atoms with Crippen molar-refractivity contribution < 1.29 is 4.39 Å². The smallest absolute Gasteiger partial charge is 0.176 e. The summed E-state index contributed by atoms with van der Waals surface area (Å²) in [6.07, 6.45) is 1.83. The summed E-state index contributed by atoms with van der Waals surface area (Å²) in [5.41, 5.74) is 4.18. The van der Waals surface area contributed by atoms with Crippen molar-refractivity contribution in [1.82, 2.24) is 9.78 Å². The number of anilines is 2. The Morgan fingerprint density at radius 3 is 2.72 bits per heavy atom. The molecule has 2 N–H and O–H groups in total. The predicted molar refractivity (Wildman–Crippen MR) is 103 cm³/mol. The molecule has 25 heavy (non-hydrogen) atoms. The summed E-state index contributed by atoms with van der Waals surface area (Å²) < 4.78 is 15.0. The maximum absolute atomic E-state index is 13.2. The van der Waals surface area contributed by atoms with E-state index in [2.05, 4.69) is 28.7 Å². The molecular weight excluding hydrogens is 335 g/mol. The summed E-state index contributed by atoms with van der Waals surface area (Å²) in [4.78, 5) is 0. The summed E-state index contributed by atoms with van der Waals surface area (Å²) >= 11 is 5.36. The standard InChI is InChI=1S/C19H19FN4S/c1-13-5-3-8-17(14(13)2)21-19(25)22-18-9-10-24(23-18)12-15-6-4-7-16(20)11-15/h3-11H,12H2,1-2H3,(H2,21,22,23,25). The molecule has 0 unspecified atom stereocenters. The van der Waals surface area contributed by atoms with Crippen LogP contribution < -0.4 is 10.6 Å². The molecule has 3 rings (SSSR count). The lowest BCUT2D eigenvalue weighted by Gasteiger charge is -2.12. The molecule has 4 nitrogen and oxygen atoms in total. The molecule has 0 aliphatic heterocycles. The van der Waals surface area contributed by atoms with E-state index in [0.29, 0.717) is 17.5 Å². The Hall–Kier alpha value is -2.73. The monoisotopic (exact) mass is 354 g/mol. The number of benzene rings is 2. The summed E-state index contributed by atoms with van der Waals surface area (Å²) in [6.45, 7) is 4.61. The fraction of sp³-hybridized carbons (Fsp3) is 0.158. The van der Waals surface area contributed by atoms with Crippen molar-refractivity contribution >= 4 is 28.8 Å². The van der Waals surface area contributed by atoms with E-state index in [-0.39, 0.29) is 5.82 Å². The molecule has 6 heteroatoms. The zero-order chi connectivity index (χ0) is 17.8. The zero-order valence-electron chi connectivity index (χ0n) is 14.1. The number of thiocarbonyl (C=S) groups is 1. The summed E-state index contributed by atoms with van der Waals surface area (Å²) in [5.74, 6) is 0.390. The van der Waals surface area contributed by atoms with Crippen LogP contribution in [0.25, 0.3) is 0 Å². The highest BCUT2D eigenvalue weighted by molar-refractivity contribution is 7.80. The minimum Gasteiger partial charge on any atom is -0.332 e. The molecule has 0 amide bonds. The van der Waals surface area contributed by atoms with E-state index in [0.717, 1.165) is 16.8 Å². The van der Waals surface area contributed by atoms with E-state index in [4.69, 9.17) is 12.2 Å². The van der Waals surface area contributed by atoms with Crippen LogP contribution in [0.5, 0.6) is 0 Å². The van der Waals surface area contributed by atoms with Gasteiger partial charge in [-0.05, 0) is 61.0 Å². The number of hydrogen-bond acceptors (Lipinski definition) is 2. The van der Waals surface area contributed by atoms with Crippen LogP contribution in [-0.2, 0) is 6.54 Å². The molecule has 0 fully saturated rings. The third-order valence-corrected chi connectivity index (χ3v) is 4.17. The molecular formula is C19H19FN4S. The number of hydrogen-bond donors (Lipinski definition) is 2. The Labute approximate surface area is 151 Å². The molecule has 0 saturated heterocycles. The first-order valence-electron chi connectivity index (χ1n) is 7.93. The quantitative estimate of drug-likeness (QED) is 0.677. The lowest BCUT2D eigenvalue weighted by molar-refractivity contribution is 0.619. The van der Waals surface area contributed by atoms with Gasteiger partial charge in [0.05, 0.1) is 6.54 Å². The maximum atomic E-state index is 13.2. The Bertz CT molecular complexity index is 904. The minimum atomic E-state index is -0.248. The second-order valence-electron chi connectivity index (χ2n) is 5.86. The van der Waals surface area contributed by atoms with E-state index in [1.807, 2.05) is 37.4 Å². The van der Waals surface area contributed by atoms with E-state index in [9.17, 15) is 4.39 Å². The predicted octanol–water partition coefficient (Wildman–Crippen LogP) is 4.50. The molecule has 1 aromatic heterocycles. The maximum Gasteiger partial charge on any atom is 0.176 e. The SMILES string of the molecule is Cc1cccc(NC(=S)Nc2ccn(Cc3cccc(F)c3)n2)c1C. The lowest BCUT2D eigenvalue weighted by Crippen LogP contribution is -2.20. The van der Waals surface area contributed by atoms with Crippen molar-refractivity contribution in [2.45, 2.75) is 20.4 Å². The second kappa shape index (κ2) is 7.44. The molecule has 0 radical (unpaired) electrons. The topological polar surface area (TPSA) is 41.9 Å². The highest BCUT2D eigenvalue weighted by Crippen LogP contribution is 2.18. The van der Waals surface area contributed by atoms with Crippen LogP contribution in [0.3, 0.4) is 0 Å². The molecule has 0 aliphatic carbocycles. The van der Waals surface area contributed by atoms with E-state index >= 15 is 0 Å². The fourth-order valence-electron chi connectivity index (χ4n) is 2.50. The average Bonchev–Trinajstić information content (AvgIpc) is 2.98. The summed E-state index contributed by atoms with van der Waals surface area (Å²) in [5, 5.41) is 11.1. The normalized spacial score (nSPS) is 10.5. The van der Waals surface area contributed by atoms with Crippen LogP contribution in [0.2, 0.25) is 0 Å². The number of aromatic nitrogens is 2. The van der Waals surface area contributed by atoms with Crippen LogP contribution in [0.15, 0.2) is 54.7 Å². The van der Waals surface area contributed by atoms with Gasteiger partial charge in [0.2, 0.25) is 0 Å². The fourth-order valence-corrected chi connectivity index (χ4v) is 2.71. The third-order valence-electron chi connectivity index (χ3n) is 3.97. The number of nitrogens with zero attached hydrogens (tertiary/aromatic N) is 2. The van der Waals surface area contributed by atoms with Gasteiger partial charge in [-0.2, -0.15) is 5.10 Å². The van der Waals surface area contributed by atoms with Crippen LogP contribution in [0, 0.1) is 19.7 Å². The summed E-state index contributed by atoms with van der Waals surface area (Å²) in [7, 11) is 0. The van der Waals surface area contributed by atoms with Gasteiger partial charge in [-0.25, -0.2) is 4.39 Å². The van der Waals surface area contributed by atoms with Gasteiger partial charge in [-0.15, -0.1) is 0 Å². The Morgan fingerprint density at radius 2 is 1.92 bits per heavy atom. The first-order valence-corrected chi connectivity index (χ1v) is 8.34. The Kier molecular flexibility index (Phi) is 5.09. The van der Waals surface area contributed by atoms with Gasteiger partial charge in [-0.3, -0.25) is 4.68 Å². The van der Waals surface area contributed by atoms with Gasteiger partial charge < -0.3 is 10.6 Å². The molecule has 128 valence electrons. The molecule has 2 aromatic carbocycles. The number of aryl methyl sites for hydroxylation is 1. The highest BCUT2D eigenvalue weighted by Gasteiger charge is 2.06. The van der Waals surface area contributed by atoms with E-state index in [1.165, 1.54) is 17.7 Å². The van der Waals surface area contributed by atoms with E-state index in [1.54, 1.807) is 10.7 Å². The van der Waals surface area contributed by atoms with Gasteiger partial charge in [0.15, 0.2) is 10.9 Å². The first kappa shape index (κ1) is 17.1. The van der Waals surface area contributed by atoms with Gasteiger partial charge in [0, 0.05) is 18.0 Å². The minimum absolute atomic E-state index is 0.248. The third kappa shape index (κ3) is 4.42.